The van der Waals surface area contributed by atoms with Crippen LogP contribution in [0.1, 0.15) is 16.5 Å². The van der Waals surface area contributed by atoms with Crippen LogP contribution in [0.25, 0.3) is 10.9 Å². The van der Waals surface area contributed by atoms with Gasteiger partial charge in [-0.25, -0.2) is 0 Å². The molecule has 0 amide bonds. The number of hydrogen-bond acceptors (Lipinski definition) is 4. The summed E-state index contributed by atoms with van der Waals surface area (Å²) in [5, 5.41) is 13.5. The molecule has 0 unspecified atom stereocenters. The van der Waals surface area contributed by atoms with E-state index in [1.165, 1.54) is 4.88 Å². The lowest BCUT2D eigenvalue weighted by Gasteiger charge is -2.37. The Kier molecular flexibility index (Phi) is 5.00. The van der Waals surface area contributed by atoms with Gasteiger partial charge >= 0.3 is 5.97 Å². The highest BCUT2D eigenvalue weighted by Gasteiger charge is 2.32. The van der Waals surface area contributed by atoms with Gasteiger partial charge in [-0.05, 0) is 29.6 Å². The van der Waals surface area contributed by atoms with Crippen molar-refractivity contribution in [3.05, 3.63) is 57.4 Å². The maximum absolute atomic E-state index is 12.1. The SMILES string of the molecule is O=C(O)[C@@H](c1c[nH]c2ccc(Cl)cc12)N1CCN(Cc2cccs2)CC1. The molecule has 1 saturated heterocycles. The van der Waals surface area contributed by atoms with Crippen molar-refractivity contribution in [1.82, 2.24) is 14.8 Å². The van der Waals surface area contributed by atoms with Gasteiger partial charge in [-0.1, -0.05) is 17.7 Å². The number of aromatic nitrogens is 1. The summed E-state index contributed by atoms with van der Waals surface area (Å²) in [5.74, 6) is -0.822. The van der Waals surface area contributed by atoms with Gasteiger partial charge in [0.05, 0.1) is 0 Å². The maximum Gasteiger partial charge on any atom is 0.325 e. The quantitative estimate of drug-likeness (QED) is 0.696. The molecule has 136 valence electrons. The molecule has 2 aromatic heterocycles. The molecule has 4 rings (SSSR count). The van der Waals surface area contributed by atoms with Crippen LogP contribution in [0.4, 0.5) is 0 Å². The zero-order chi connectivity index (χ0) is 18.1. The summed E-state index contributed by atoms with van der Waals surface area (Å²) in [4.78, 5) is 21.0. The van der Waals surface area contributed by atoms with Gasteiger partial charge in [0.15, 0.2) is 0 Å². The number of aromatic amines is 1. The first-order chi connectivity index (χ1) is 12.6. The van der Waals surface area contributed by atoms with Crippen molar-refractivity contribution >= 4 is 39.8 Å². The molecule has 1 aliphatic heterocycles. The molecular weight excluding hydrogens is 370 g/mol. The largest absolute Gasteiger partial charge is 0.480 e. The van der Waals surface area contributed by atoms with Crippen LogP contribution in [-0.2, 0) is 11.3 Å². The average molecular weight is 390 g/mol. The van der Waals surface area contributed by atoms with Gasteiger partial charge in [0, 0.05) is 65.3 Å². The van der Waals surface area contributed by atoms with Gasteiger partial charge in [-0.15, -0.1) is 11.3 Å². The van der Waals surface area contributed by atoms with Gasteiger partial charge < -0.3 is 10.1 Å². The van der Waals surface area contributed by atoms with Crippen LogP contribution in [-0.4, -0.2) is 52.0 Å². The molecule has 2 N–H and O–H groups in total. The smallest absolute Gasteiger partial charge is 0.325 e. The minimum atomic E-state index is -0.822. The first-order valence-electron chi connectivity index (χ1n) is 8.60. The Balaban J connectivity index is 1.52. The summed E-state index contributed by atoms with van der Waals surface area (Å²) in [6.07, 6.45) is 1.80. The highest BCUT2D eigenvalue weighted by Crippen LogP contribution is 2.31. The molecule has 7 heteroatoms. The van der Waals surface area contributed by atoms with Crippen LogP contribution >= 0.6 is 22.9 Å². The van der Waals surface area contributed by atoms with Crippen molar-refractivity contribution in [3.63, 3.8) is 0 Å². The van der Waals surface area contributed by atoms with Crippen LogP contribution < -0.4 is 0 Å². The predicted octanol–water partition coefficient (Wildman–Crippen LogP) is 3.83. The molecule has 0 radical (unpaired) electrons. The number of rotatable bonds is 5. The first kappa shape index (κ1) is 17.5. The van der Waals surface area contributed by atoms with Gasteiger partial charge in [-0.2, -0.15) is 0 Å². The van der Waals surface area contributed by atoms with Crippen molar-refractivity contribution in [2.75, 3.05) is 26.2 Å². The van der Waals surface area contributed by atoms with Gasteiger partial charge in [0.2, 0.25) is 0 Å². The molecule has 1 aliphatic rings. The van der Waals surface area contributed by atoms with Crippen LogP contribution in [0.15, 0.2) is 41.9 Å². The van der Waals surface area contributed by atoms with E-state index < -0.39 is 12.0 Å². The van der Waals surface area contributed by atoms with E-state index in [9.17, 15) is 9.90 Å². The van der Waals surface area contributed by atoms with Crippen molar-refractivity contribution in [3.8, 4) is 0 Å². The van der Waals surface area contributed by atoms with E-state index in [1.54, 1.807) is 17.5 Å². The minimum Gasteiger partial charge on any atom is -0.480 e. The van der Waals surface area contributed by atoms with Crippen molar-refractivity contribution < 1.29 is 9.90 Å². The summed E-state index contributed by atoms with van der Waals surface area (Å²) in [5.41, 5.74) is 1.69. The van der Waals surface area contributed by atoms with Gasteiger partial charge in [0.25, 0.3) is 0 Å². The zero-order valence-electron chi connectivity index (χ0n) is 14.2. The number of halogens is 1. The van der Waals surface area contributed by atoms with Crippen LogP contribution in [0.3, 0.4) is 0 Å². The number of benzene rings is 1. The van der Waals surface area contributed by atoms with Gasteiger partial charge in [0.1, 0.15) is 6.04 Å². The number of carboxylic acid groups (broad SMARTS) is 1. The fraction of sp³-hybridized carbons (Fsp3) is 0.316. The number of nitrogens with zero attached hydrogens (tertiary/aromatic N) is 2. The minimum absolute atomic E-state index is 0.614. The Morgan fingerprint density at radius 1 is 1.27 bits per heavy atom. The lowest BCUT2D eigenvalue weighted by Crippen LogP contribution is -2.48. The van der Waals surface area contributed by atoms with E-state index in [0.717, 1.165) is 49.2 Å². The molecule has 0 aliphatic carbocycles. The third-order valence-electron chi connectivity index (χ3n) is 4.94. The van der Waals surface area contributed by atoms with E-state index in [4.69, 9.17) is 11.6 Å². The molecule has 0 spiro atoms. The van der Waals surface area contributed by atoms with E-state index in [-0.39, 0.29) is 0 Å². The normalized spacial score (nSPS) is 17.6. The summed E-state index contributed by atoms with van der Waals surface area (Å²) < 4.78 is 0. The summed E-state index contributed by atoms with van der Waals surface area (Å²) in [6.45, 7) is 4.13. The number of thiophene rings is 1. The van der Waals surface area contributed by atoms with E-state index in [2.05, 4.69) is 32.3 Å². The second-order valence-corrected chi connectivity index (χ2v) is 8.03. The van der Waals surface area contributed by atoms with Crippen molar-refractivity contribution in [2.45, 2.75) is 12.6 Å². The van der Waals surface area contributed by atoms with E-state index in [1.807, 2.05) is 18.2 Å². The molecule has 0 saturated carbocycles. The highest BCUT2D eigenvalue weighted by atomic mass is 35.5. The van der Waals surface area contributed by atoms with Crippen LogP contribution in [0.5, 0.6) is 0 Å². The van der Waals surface area contributed by atoms with Crippen LogP contribution in [0.2, 0.25) is 5.02 Å². The fourth-order valence-electron chi connectivity index (χ4n) is 3.63. The lowest BCUT2D eigenvalue weighted by atomic mass is 10.0. The highest BCUT2D eigenvalue weighted by molar-refractivity contribution is 7.09. The summed E-state index contributed by atoms with van der Waals surface area (Å²) in [7, 11) is 0. The molecule has 26 heavy (non-hydrogen) atoms. The molecule has 0 bridgehead atoms. The van der Waals surface area contributed by atoms with Gasteiger partial charge in [-0.3, -0.25) is 14.6 Å². The predicted molar refractivity (Wildman–Crippen MR) is 105 cm³/mol. The summed E-state index contributed by atoms with van der Waals surface area (Å²) in [6, 6.07) is 9.09. The average Bonchev–Trinajstić information content (AvgIpc) is 3.27. The molecule has 1 aromatic carbocycles. The summed E-state index contributed by atoms with van der Waals surface area (Å²) >= 11 is 7.89. The topological polar surface area (TPSA) is 59.6 Å². The molecule has 3 heterocycles. The Bertz CT molecular complexity index is 901. The number of fused-ring (bicyclic) bond motifs is 1. The molecule has 1 fully saturated rings. The van der Waals surface area contributed by atoms with E-state index in [0.29, 0.717) is 5.02 Å². The molecule has 1 atom stereocenters. The molecule has 3 aromatic rings. The number of piperazine rings is 1. The van der Waals surface area contributed by atoms with Crippen molar-refractivity contribution in [2.24, 2.45) is 0 Å². The number of carboxylic acids is 1. The number of hydrogen-bond donors (Lipinski definition) is 2. The number of nitrogens with one attached hydrogen (secondary N) is 1. The number of carbonyl (C=O) groups is 1. The van der Waals surface area contributed by atoms with E-state index >= 15 is 0 Å². The third-order valence-corrected chi connectivity index (χ3v) is 6.03. The first-order valence-corrected chi connectivity index (χ1v) is 9.86. The Labute approximate surface area is 160 Å². The number of aliphatic carboxylic acids is 1. The number of H-pyrrole nitrogens is 1. The second kappa shape index (κ2) is 7.40. The Hall–Kier alpha value is -1.86. The van der Waals surface area contributed by atoms with Crippen LogP contribution in [0, 0.1) is 0 Å². The maximum atomic E-state index is 12.1. The zero-order valence-corrected chi connectivity index (χ0v) is 15.8. The fourth-order valence-corrected chi connectivity index (χ4v) is 4.55. The Morgan fingerprint density at radius 2 is 2.08 bits per heavy atom. The second-order valence-electron chi connectivity index (χ2n) is 6.57. The third kappa shape index (κ3) is 3.50. The lowest BCUT2D eigenvalue weighted by molar-refractivity contribution is -0.144. The standard InChI is InChI=1S/C19H20ClN3O2S/c20-13-3-4-17-15(10-13)16(11-21-17)18(19(24)25)23-7-5-22(6-8-23)12-14-2-1-9-26-14/h1-4,9-11,18,21H,5-8,12H2,(H,24,25)/t18-/m1/s1. The monoisotopic (exact) mass is 389 g/mol. The molecular formula is C19H20ClN3O2S. The van der Waals surface area contributed by atoms with Crippen molar-refractivity contribution in [1.29, 1.82) is 0 Å². The molecule has 5 nitrogen and oxygen atoms in total. The Morgan fingerprint density at radius 3 is 2.77 bits per heavy atom.